The topological polar surface area (TPSA) is 85.2 Å². The Hall–Kier alpha value is -1.84. The first kappa shape index (κ1) is 25.8. The molecule has 1 heterocycles. The molecule has 33 heavy (non-hydrogen) atoms. The lowest BCUT2D eigenvalue weighted by atomic mass is 9.62. The van der Waals surface area contributed by atoms with Crippen molar-refractivity contribution < 1.29 is 42.4 Å². The zero-order valence-corrected chi connectivity index (χ0v) is 19.2. The van der Waals surface area contributed by atoms with Crippen LogP contribution in [0.15, 0.2) is 18.2 Å². The van der Waals surface area contributed by atoms with E-state index >= 15 is 0 Å². The molecule has 2 unspecified atom stereocenters. The summed E-state index contributed by atoms with van der Waals surface area (Å²) in [6.45, 7) is 6.78. The van der Waals surface area contributed by atoms with E-state index in [0.29, 0.717) is 24.4 Å². The number of ether oxygens (including phenoxy) is 3. The van der Waals surface area contributed by atoms with E-state index < -0.39 is 29.9 Å². The van der Waals surface area contributed by atoms with Crippen LogP contribution >= 0.6 is 0 Å². The molecule has 0 radical (unpaired) electrons. The molecule has 1 saturated heterocycles. The van der Waals surface area contributed by atoms with Gasteiger partial charge >= 0.3 is 12.3 Å². The molecule has 0 aromatic heterocycles. The summed E-state index contributed by atoms with van der Waals surface area (Å²) in [5.74, 6) is -0.854. The van der Waals surface area contributed by atoms with Crippen LogP contribution in [0.1, 0.15) is 62.4 Å². The maximum absolute atomic E-state index is 12.7. The van der Waals surface area contributed by atoms with Crippen molar-refractivity contribution in [3.8, 4) is 5.75 Å². The summed E-state index contributed by atoms with van der Waals surface area (Å²) in [4.78, 5) is 11.2. The minimum Gasteiger partial charge on any atom is -0.478 e. The van der Waals surface area contributed by atoms with Crippen LogP contribution in [0.3, 0.4) is 0 Å². The highest BCUT2D eigenvalue weighted by Crippen LogP contribution is 2.46. The first-order valence-corrected chi connectivity index (χ1v) is 11.5. The number of halogens is 3. The van der Waals surface area contributed by atoms with Gasteiger partial charge in [-0.1, -0.05) is 26.3 Å². The fourth-order valence-electron chi connectivity index (χ4n) is 5.39. The molecule has 1 aliphatic heterocycles. The lowest BCUT2D eigenvalue weighted by molar-refractivity contribution is -0.274. The molecule has 2 fully saturated rings. The van der Waals surface area contributed by atoms with Crippen LogP contribution in [0.25, 0.3) is 0 Å². The van der Waals surface area contributed by atoms with Crippen molar-refractivity contribution in [2.45, 2.75) is 71.8 Å². The standard InChI is InChI=1S/C24H33F3O6/c1-13-4-7-18(20-12-31-14(2)5-8-17(13)20)15(3)23(30)32-11-16-6-9-19(22(28)29)21(10-16)33-24(25,26)27/h6,9-10,13-15,17-18,20,23,30H,4-5,7-8,11-12H2,1-3H3,(H,28,29)/t13-,14?,15-,17+,18+,20?,23-/m1/s1. The van der Waals surface area contributed by atoms with Crippen LogP contribution in [0, 0.1) is 29.6 Å². The molecule has 186 valence electrons. The van der Waals surface area contributed by atoms with Gasteiger partial charge < -0.3 is 24.4 Å². The Balaban J connectivity index is 1.67. The lowest BCUT2D eigenvalue weighted by Crippen LogP contribution is -2.42. The molecule has 2 aliphatic rings. The summed E-state index contributed by atoms with van der Waals surface area (Å²) in [7, 11) is 0. The van der Waals surface area contributed by atoms with Crippen molar-refractivity contribution >= 4 is 5.97 Å². The van der Waals surface area contributed by atoms with Crippen LogP contribution in [-0.4, -0.2) is 41.5 Å². The predicted molar refractivity (Wildman–Crippen MR) is 114 cm³/mol. The van der Waals surface area contributed by atoms with E-state index in [1.807, 2.05) is 6.92 Å². The second kappa shape index (κ2) is 10.6. The number of hydrogen-bond acceptors (Lipinski definition) is 5. The maximum atomic E-state index is 12.7. The monoisotopic (exact) mass is 474 g/mol. The number of alkyl halides is 3. The van der Waals surface area contributed by atoms with Gasteiger partial charge in [0.1, 0.15) is 11.3 Å². The summed E-state index contributed by atoms with van der Waals surface area (Å²) in [5, 5.41) is 19.8. The van der Waals surface area contributed by atoms with Crippen LogP contribution < -0.4 is 4.74 Å². The number of fused-ring (bicyclic) bond motifs is 1. The third-order valence-electron chi connectivity index (χ3n) is 7.31. The lowest BCUT2D eigenvalue weighted by Gasteiger charge is -2.44. The van der Waals surface area contributed by atoms with E-state index in [2.05, 4.69) is 18.6 Å². The summed E-state index contributed by atoms with van der Waals surface area (Å²) in [5.41, 5.74) is -0.331. The van der Waals surface area contributed by atoms with E-state index in [1.54, 1.807) is 0 Å². The average Bonchev–Trinajstić information content (AvgIpc) is 2.93. The van der Waals surface area contributed by atoms with Gasteiger partial charge in [0.05, 0.1) is 19.3 Å². The number of carboxylic acid groups (broad SMARTS) is 1. The van der Waals surface area contributed by atoms with Crippen molar-refractivity contribution in [2.75, 3.05) is 6.61 Å². The number of aliphatic hydroxyl groups excluding tert-OH is 1. The second-order valence-electron chi connectivity index (χ2n) is 9.51. The second-order valence-corrected chi connectivity index (χ2v) is 9.51. The third-order valence-corrected chi connectivity index (χ3v) is 7.31. The molecule has 9 heteroatoms. The Morgan fingerprint density at radius 1 is 1.18 bits per heavy atom. The Morgan fingerprint density at radius 2 is 1.91 bits per heavy atom. The van der Waals surface area contributed by atoms with Gasteiger partial charge in [-0.3, -0.25) is 0 Å². The molecule has 0 amide bonds. The quantitative estimate of drug-likeness (QED) is 0.527. The molecular formula is C24H33F3O6. The molecule has 1 aromatic carbocycles. The van der Waals surface area contributed by atoms with Crippen molar-refractivity contribution in [2.24, 2.45) is 29.6 Å². The Bertz CT molecular complexity index is 814. The molecule has 6 nitrogen and oxygen atoms in total. The third kappa shape index (κ3) is 6.61. The number of rotatable bonds is 7. The highest BCUT2D eigenvalue weighted by atomic mass is 19.4. The SMILES string of the molecule is CC1CC[C@@H]2C(CO1)[C@H]([C@@H](C)[C@H](O)OCc1ccc(C(=O)O)c(OC(F)(F)F)c1)CC[C@H]2C. The summed E-state index contributed by atoms with van der Waals surface area (Å²) in [6.07, 6.45) is -1.75. The number of benzene rings is 1. The van der Waals surface area contributed by atoms with E-state index in [-0.39, 0.29) is 30.1 Å². The average molecular weight is 475 g/mol. The molecule has 1 aromatic rings. The molecule has 3 rings (SSSR count). The van der Waals surface area contributed by atoms with Crippen LogP contribution in [0.5, 0.6) is 5.75 Å². The van der Waals surface area contributed by atoms with E-state index in [1.165, 1.54) is 6.07 Å². The zero-order valence-electron chi connectivity index (χ0n) is 19.2. The van der Waals surface area contributed by atoms with E-state index in [9.17, 15) is 23.1 Å². The highest BCUT2D eigenvalue weighted by Gasteiger charge is 2.43. The molecule has 1 saturated carbocycles. The number of carbonyl (C=O) groups is 1. The van der Waals surface area contributed by atoms with E-state index in [4.69, 9.17) is 14.6 Å². The smallest absolute Gasteiger partial charge is 0.478 e. The van der Waals surface area contributed by atoms with Crippen LogP contribution in [-0.2, 0) is 16.1 Å². The van der Waals surface area contributed by atoms with Crippen molar-refractivity contribution in [1.82, 2.24) is 0 Å². The Labute approximate surface area is 192 Å². The predicted octanol–water partition coefficient (Wildman–Crippen LogP) is 5.23. The number of aliphatic hydroxyl groups is 1. The fourth-order valence-corrected chi connectivity index (χ4v) is 5.39. The highest BCUT2D eigenvalue weighted by molar-refractivity contribution is 5.91. The molecule has 7 atom stereocenters. The van der Waals surface area contributed by atoms with Crippen molar-refractivity contribution in [3.05, 3.63) is 29.3 Å². The molecule has 0 spiro atoms. The maximum Gasteiger partial charge on any atom is 0.573 e. The number of hydrogen-bond donors (Lipinski definition) is 2. The fraction of sp³-hybridized carbons (Fsp3) is 0.708. The molecular weight excluding hydrogens is 441 g/mol. The van der Waals surface area contributed by atoms with Gasteiger partial charge in [-0.05, 0) is 67.6 Å². The summed E-state index contributed by atoms with van der Waals surface area (Å²) < 4.78 is 53.5. The summed E-state index contributed by atoms with van der Waals surface area (Å²) >= 11 is 0. The largest absolute Gasteiger partial charge is 0.573 e. The minimum atomic E-state index is -5.02. The molecule has 2 N–H and O–H groups in total. The minimum absolute atomic E-state index is 0.176. The van der Waals surface area contributed by atoms with Gasteiger partial charge in [0.25, 0.3) is 0 Å². The van der Waals surface area contributed by atoms with E-state index in [0.717, 1.165) is 37.8 Å². The number of carboxylic acids is 1. The zero-order chi connectivity index (χ0) is 24.3. The van der Waals surface area contributed by atoms with Gasteiger partial charge in [-0.25, -0.2) is 4.79 Å². The summed E-state index contributed by atoms with van der Waals surface area (Å²) in [6, 6.07) is 3.37. The molecule has 1 aliphatic carbocycles. The van der Waals surface area contributed by atoms with Crippen LogP contribution in [0.2, 0.25) is 0 Å². The van der Waals surface area contributed by atoms with Crippen LogP contribution in [0.4, 0.5) is 13.2 Å². The molecule has 0 bridgehead atoms. The first-order valence-electron chi connectivity index (χ1n) is 11.5. The van der Waals surface area contributed by atoms with Gasteiger partial charge in [-0.15, -0.1) is 13.2 Å². The normalized spacial score (nSPS) is 30.1. The van der Waals surface area contributed by atoms with Gasteiger partial charge in [0, 0.05) is 5.92 Å². The van der Waals surface area contributed by atoms with Gasteiger partial charge in [0.2, 0.25) is 0 Å². The first-order chi connectivity index (χ1) is 15.5. The van der Waals surface area contributed by atoms with Gasteiger partial charge in [-0.2, -0.15) is 0 Å². The van der Waals surface area contributed by atoms with Crippen molar-refractivity contribution in [3.63, 3.8) is 0 Å². The Kier molecular flexibility index (Phi) is 8.29. The van der Waals surface area contributed by atoms with Crippen molar-refractivity contribution in [1.29, 1.82) is 0 Å². The Morgan fingerprint density at radius 3 is 2.58 bits per heavy atom. The number of aromatic carboxylic acids is 1. The van der Waals surface area contributed by atoms with Gasteiger partial charge in [0.15, 0.2) is 6.29 Å².